The highest BCUT2D eigenvalue weighted by atomic mass is 19.4. The molecule has 1 N–H and O–H groups in total. The van der Waals surface area contributed by atoms with Crippen LogP contribution < -0.4 is 0 Å². The third-order valence-electron chi connectivity index (χ3n) is 3.73. The fourth-order valence-electron chi connectivity index (χ4n) is 2.72. The molecule has 0 amide bonds. The van der Waals surface area contributed by atoms with Crippen LogP contribution in [0.15, 0.2) is 18.2 Å². The summed E-state index contributed by atoms with van der Waals surface area (Å²) in [6.07, 6.45) is -2.39. The van der Waals surface area contributed by atoms with Gasteiger partial charge in [-0.15, -0.1) is 0 Å². The Kier molecular flexibility index (Phi) is 4.04. The van der Waals surface area contributed by atoms with Crippen molar-refractivity contribution in [3.63, 3.8) is 0 Å². The Hall–Kier alpha value is -1.23. The number of halogens is 3. The lowest BCUT2D eigenvalue weighted by Gasteiger charge is -2.33. The van der Waals surface area contributed by atoms with Crippen molar-refractivity contribution < 1.29 is 18.3 Å². The zero-order chi connectivity index (χ0) is 14.0. The molecule has 2 rings (SSSR count). The summed E-state index contributed by atoms with van der Waals surface area (Å²) in [6, 6.07) is 5.27. The van der Waals surface area contributed by atoms with Gasteiger partial charge in [0.15, 0.2) is 0 Å². The predicted octanol–water partition coefficient (Wildman–Crippen LogP) is 3.65. The van der Waals surface area contributed by atoms with E-state index in [-0.39, 0.29) is 18.3 Å². The summed E-state index contributed by atoms with van der Waals surface area (Å²) in [5.41, 5.74) is 1.86. The summed E-state index contributed by atoms with van der Waals surface area (Å²) in [5.74, 6) is 0.256. The number of phenolic OH excluding ortho intramolecular Hbond substituents is 1. The van der Waals surface area contributed by atoms with Crippen LogP contribution in [0.3, 0.4) is 0 Å². The van der Waals surface area contributed by atoms with Gasteiger partial charge in [-0.1, -0.05) is 12.1 Å². The molecule has 106 valence electrons. The SMILES string of the molecule is CN(CCC(F)(F)F)C1CCCc2c(O)cccc21. The van der Waals surface area contributed by atoms with Crippen molar-refractivity contribution >= 4 is 0 Å². The first-order chi connectivity index (χ1) is 8.88. The fourth-order valence-corrected chi connectivity index (χ4v) is 2.72. The molecule has 1 aromatic carbocycles. The minimum absolute atomic E-state index is 0.0107. The molecule has 0 fully saturated rings. The maximum atomic E-state index is 12.3. The smallest absolute Gasteiger partial charge is 0.390 e. The lowest BCUT2D eigenvalue weighted by Crippen LogP contribution is -2.31. The van der Waals surface area contributed by atoms with E-state index in [4.69, 9.17) is 0 Å². The van der Waals surface area contributed by atoms with Gasteiger partial charge < -0.3 is 5.11 Å². The standard InChI is InChI=1S/C14H18F3NO/c1-18(9-8-14(15,16)17)12-6-2-5-11-10(12)4-3-7-13(11)19/h3-4,7,12,19H,2,5-6,8-9H2,1H3. The molecule has 1 aliphatic rings. The van der Waals surface area contributed by atoms with Crippen molar-refractivity contribution in [2.45, 2.75) is 37.9 Å². The van der Waals surface area contributed by atoms with Gasteiger partial charge in [0, 0.05) is 12.6 Å². The molecule has 1 unspecified atom stereocenters. The van der Waals surface area contributed by atoms with E-state index in [2.05, 4.69) is 0 Å². The Labute approximate surface area is 110 Å². The highest BCUT2D eigenvalue weighted by molar-refractivity contribution is 5.42. The van der Waals surface area contributed by atoms with Crippen LogP contribution >= 0.6 is 0 Å². The first-order valence-electron chi connectivity index (χ1n) is 6.46. The van der Waals surface area contributed by atoms with Gasteiger partial charge in [0.05, 0.1) is 6.42 Å². The van der Waals surface area contributed by atoms with Crippen LogP contribution in [-0.4, -0.2) is 29.8 Å². The van der Waals surface area contributed by atoms with Crippen molar-refractivity contribution in [3.8, 4) is 5.75 Å². The first-order valence-corrected chi connectivity index (χ1v) is 6.46. The van der Waals surface area contributed by atoms with Gasteiger partial charge in [-0.25, -0.2) is 0 Å². The van der Waals surface area contributed by atoms with E-state index in [1.54, 1.807) is 24.1 Å². The van der Waals surface area contributed by atoms with Crippen LogP contribution in [0, 0.1) is 0 Å². The molecule has 0 saturated carbocycles. The van der Waals surface area contributed by atoms with Crippen molar-refractivity contribution in [1.82, 2.24) is 4.90 Å². The molecule has 0 heterocycles. The minimum atomic E-state index is -4.12. The number of rotatable bonds is 3. The zero-order valence-corrected chi connectivity index (χ0v) is 10.9. The van der Waals surface area contributed by atoms with Crippen molar-refractivity contribution in [2.75, 3.05) is 13.6 Å². The van der Waals surface area contributed by atoms with Crippen LogP contribution in [0.5, 0.6) is 5.75 Å². The van der Waals surface area contributed by atoms with Crippen LogP contribution in [0.1, 0.15) is 36.4 Å². The van der Waals surface area contributed by atoms with Gasteiger partial charge in [-0.05, 0) is 43.5 Å². The van der Waals surface area contributed by atoms with Gasteiger partial charge in [0.2, 0.25) is 0 Å². The number of nitrogens with zero attached hydrogens (tertiary/aromatic N) is 1. The average molecular weight is 273 g/mol. The summed E-state index contributed by atoms with van der Waals surface area (Å²) >= 11 is 0. The average Bonchev–Trinajstić information content (AvgIpc) is 2.35. The number of phenols is 1. The maximum Gasteiger partial charge on any atom is 0.390 e. The third-order valence-corrected chi connectivity index (χ3v) is 3.73. The summed E-state index contributed by atoms with van der Waals surface area (Å²) < 4.78 is 36.8. The van der Waals surface area contributed by atoms with Crippen LogP contribution in [0.2, 0.25) is 0 Å². The highest BCUT2D eigenvalue weighted by Gasteiger charge is 2.30. The summed E-state index contributed by atoms with van der Waals surface area (Å²) in [5, 5.41) is 9.82. The second-order valence-electron chi connectivity index (χ2n) is 5.10. The summed E-state index contributed by atoms with van der Waals surface area (Å²) in [4.78, 5) is 1.74. The monoisotopic (exact) mass is 273 g/mol. The molecule has 0 radical (unpaired) electrons. The normalized spacial score (nSPS) is 19.5. The van der Waals surface area contributed by atoms with Gasteiger partial charge in [0.25, 0.3) is 0 Å². The van der Waals surface area contributed by atoms with E-state index in [1.807, 2.05) is 6.07 Å². The molecule has 5 heteroatoms. The minimum Gasteiger partial charge on any atom is -0.508 e. The fraction of sp³-hybridized carbons (Fsp3) is 0.571. The van der Waals surface area contributed by atoms with Crippen molar-refractivity contribution in [1.29, 1.82) is 0 Å². The number of hydrogen-bond acceptors (Lipinski definition) is 2. The van der Waals surface area contributed by atoms with Crippen molar-refractivity contribution in [2.24, 2.45) is 0 Å². The second-order valence-corrected chi connectivity index (χ2v) is 5.10. The molecule has 0 aromatic heterocycles. The zero-order valence-electron chi connectivity index (χ0n) is 10.9. The Morgan fingerprint density at radius 3 is 2.79 bits per heavy atom. The summed E-state index contributed by atoms with van der Waals surface area (Å²) in [6.45, 7) is -0.0107. The molecule has 1 aliphatic carbocycles. The molecule has 19 heavy (non-hydrogen) atoms. The molecule has 0 bridgehead atoms. The molecular formula is C14H18F3NO. The van der Waals surface area contributed by atoms with Gasteiger partial charge >= 0.3 is 6.18 Å². The molecular weight excluding hydrogens is 255 g/mol. The maximum absolute atomic E-state index is 12.3. The topological polar surface area (TPSA) is 23.5 Å². The van der Waals surface area contributed by atoms with Crippen LogP contribution in [-0.2, 0) is 6.42 Å². The Morgan fingerprint density at radius 1 is 1.37 bits per heavy atom. The number of aromatic hydroxyl groups is 1. The molecule has 0 aliphatic heterocycles. The number of alkyl halides is 3. The predicted molar refractivity (Wildman–Crippen MR) is 67.1 cm³/mol. The van der Waals surface area contributed by atoms with E-state index in [0.29, 0.717) is 0 Å². The molecule has 1 atom stereocenters. The van der Waals surface area contributed by atoms with Gasteiger partial charge in [0.1, 0.15) is 5.75 Å². The number of hydrogen-bond donors (Lipinski definition) is 1. The summed E-state index contributed by atoms with van der Waals surface area (Å²) in [7, 11) is 1.72. The molecule has 2 nitrogen and oxygen atoms in total. The van der Waals surface area contributed by atoms with Crippen molar-refractivity contribution in [3.05, 3.63) is 29.3 Å². The van der Waals surface area contributed by atoms with Gasteiger partial charge in [-0.2, -0.15) is 13.2 Å². The Balaban J connectivity index is 2.13. The highest BCUT2D eigenvalue weighted by Crippen LogP contribution is 2.37. The van der Waals surface area contributed by atoms with E-state index < -0.39 is 12.6 Å². The van der Waals surface area contributed by atoms with Gasteiger partial charge in [-0.3, -0.25) is 4.90 Å². The molecule has 1 aromatic rings. The van der Waals surface area contributed by atoms with Crippen LogP contribution in [0.4, 0.5) is 13.2 Å². The molecule has 0 spiro atoms. The largest absolute Gasteiger partial charge is 0.508 e. The Morgan fingerprint density at radius 2 is 2.11 bits per heavy atom. The van der Waals surface area contributed by atoms with E-state index in [9.17, 15) is 18.3 Å². The van der Waals surface area contributed by atoms with E-state index in [0.717, 1.165) is 30.4 Å². The number of benzene rings is 1. The van der Waals surface area contributed by atoms with E-state index in [1.165, 1.54) is 0 Å². The first kappa shape index (κ1) is 14.2. The lowest BCUT2D eigenvalue weighted by molar-refractivity contribution is -0.138. The van der Waals surface area contributed by atoms with Crippen LogP contribution in [0.25, 0.3) is 0 Å². The quantitative estimate of drug-likeness (QED) is 0.908. The molecule has 0 saturated heterocycles. The lowest BCUT2D eigenvalue weighted by atomic mass is 9.86. The Bertz CT molecular complexity index is 445. The second kappa shape index (κ2) is 5.41. The number of fused-ring (bicyclic) bond motifs is 1. The third kappa shape index (κ3) is 3.41. The van der Waals surface area contributed by atoms with E-state index >= 15 is 0 Å².